The van der Waals surface area contributed by atoms with Gasteiger partial charge in [0.05, 0.1) is 17.8 Å². The first-order valence-corrected chi connectivity index (χ1v) is 9.19. The highest BCUT2D eigenvalue weighted by Crippen LogP contribution is 2.30. The van der Waals surface area contributed by atoms with Crippen molar-refractivity contribution in [2.75, 3.05) is 0 Å². The molecule has 0 fully saturated rings. The largest absolute Gasteiger partial charge is 0.461 e. The quantitative estimate of drug-likeness (QED) is 0.490. The van der Waals surface area contributed by atoms with Gasteiger partial charge in [0.15, 0.2) is 16.6 Å². The van der Waals surface area contributed by atoms with Gasteiger partial charge in [-0.25, -0.2) is 4.98 Å². The lowest BCUT2D eigenvalue weighted by Crippen LogP contribution is -2.04. The lowest BCUT2D eigenvalue weighted by atomic mass is 10.2. The molecule has 0 amide bonds. The van der Waals surface area contributed by atoms with E-state index in [0.29, 0.717) is 33.3 Å². The third kappa shape index (κ3) is 3.72. The van der Waals surface area contributed by atoms with Gasteiger partial charge in [-0.2, -0.15) is 5.26 Å². The number of pyridine rings is 1. The van der Waals surface area contributed by atoms with E-state index in [1.807, 2.05) is 53.1 Å². The topological polar surface area (TPSA) is 80.5 Å². The summed E-state index contributed by atoms with van der Waals surface area (Å²) in [5.41, 5.74) is 1.29. The van der Waals surface area contributed by atoms with Crippen LogP contribution in [-0.2, 0) is 6.54 Å². The summed E-state index contributed by atoms with van der Waals surface area (Å²) in [6, 6.07) is 19.1. The van der Waals surface area contributed by atoms with Crippen LogP contribution in [0.15, 0.2) is 75.5 Å². The van der Waals surface area contributed by atoms with Crippen LogP contribution >= 0.6 is 23.4 Å². The molecule has 3 aromatic heterocycles. The zero-order chi connectivity index (χ0) is 18.6. The third-order valence-corrected chi connectivity index (χ3v) is 4.99. The van der Waals surface area contributed by atoms with E-state index in [9.17, 15) is 0 Å². The smallest absolute Gasteiger partial charge is 0.200 e. The van der Waals surface area contributed by atoms with Crippen molar-refractivity contribution in [3.63, 3.8) is 0 Å². The minimum atomic E-state index is 0.182. The van der Waals surface area contributed by atoms with E-state index in [2.05, 4.69) is 15.2 Å². The van der Waals surface area contributed by atoms with Crippen molar-refractivity contribution in [3.05, 3.63) is 77.1 Å². The Labute approximate surface area is 164 Å². The van der Waals surface area contributed by atoms with Gasteiger partial charge in [-0.3, -0.25) is 4.57 Å². The molecule has 132 valence electrons. The van der Waals surface area contributed by atoms with Crippen molar-refractivity contribution in [1.29, 1.82) is 5.26 Å². The standard InChI is InChI=1S/C19H12ClN5OS/c20-14-8-9-17(22-15(14)11-21)27-19-24-23-18(16-7-4-10-26-16)25(19)12-13-5-2-1-3-6-13/h1-10H,12H2. The molecule has 1 aromatic carbocycles. The normalized spacial score (nSPS) is 10.7. The number of nitriles is 1. The van der Waals surface area contributed by atoms with Gasteiger partial charge < -0.3 is 4.42 Å². The lowest BCUT2D eigenvalue weighted by molar-refractivity contribution is 0.569. The van der Waals surface area contributed by atoms with E-state index in [0.717, 1.165) is 5.56 Å². The van der Waals surface area contributed by atoms with Gasteiger partial charge in [0.2, 0.25) is 5.82 Å². The predicted molar refractivity (Wildman–Crippen MR) is 101 cm³/mol. The lowest BCUT2D eigenvalue weighted by Gasteiger charge is -2.09. The summed E-state index contributed by atoms with van der Waals surface area (Å²) >= 11 is 7.29. The number of hydrogen-bond acceptors (Lipinski definition) is 6. The van der Waals surface area contributed by atoms with E-state index in [1.54, 1.807) is 18.4 Å². The minimum Gasteiger partial charge on any atom is -0.461 e. The van der Waals surface area contributed by atoms with Gasteiger partial charge in [0.1, 0.15) is 11.1 Å². The monoisotopic (exact) mass is 393 g/mol. The molecule has 6 nitrogen and oxygen atoms in total. The number of halogens is 1. The second-order valence-corrected chi connectivity index (χ2v) is 6.94. The molecular formula is C19H12ClN5OS. The van der Waals surface area contributed by atoms with Crippen LogP contribution < -0.4 is 0 Å². The van der Waals surface area contributed by atoms with Crippen LogP contribution in [0.4, 0.5) is 0 Å². The summed E-state index contributed by atoms with van der Waals surface area (Å²) in [5.74, 6) is 1.26. The van der Waals surface area contributed by atoms with Crippen molar-refractivity contribution in [2.45, 2.75) is 16.7 Å². The molecule has 0 atom stereocenters. The van der Waals surface area contributed by atoms with Crippen LogP contribution in [0.5, 0.6) is 0 Å². The van der Waals surface area contributed by atoms with Crippen LogP contribution in [0.1, 0.15) is 11.3 Å². The molecule has 0 unspecified atom stereocenters. The molecule has 0 aliphatic carbocycles. The number of furan rings is 1. The fraction of sp³-hybridized carbons (Fsp3) is 0.0526. The van der Waals surface area contributed by atoms with E-state index in [-0.39, 0.29) is 5.69 Å². The highest BCUT2D eigenvalue weighted by atomic mass is 35.5. The first-order chi connectivity index (χ1) is 13.2. The first-order valence-electron chi connectivity index (χ1n) is 8.00. The number of aromatic nitrogens is 4. The maximum absolute atomic E-state index is 9.14. The fourth-order valence-corrected chi connectivity index (χ4v) is 3.46. The van der Waals surface area contributed by atoms with Crippen LogP contribution in [0.2, 0.25) is 5.02 Å². The minimum absolute atomic E-state index is 0.182. The SMILES string of the molecule is N#Cc1nc(Sc2nnc(-c3ccco3)n2Cc2ccccc2)ccc1Cl. The molecule has 0 N–H and O–H groups in total. The molecule has 8 heteroatoms. The molecule has 27 heavy (non-hydrogen) atoms. The highest BCUT2D eigenvalue weighted by molar-refractivity contribution is 7.99. The second kappa shape index (κ2) is 7.66. The summed E-state index contributed by atoms with van der Waals surface area (Å²) in [5, 5.41) is 19.3. The molecule has 3 heterocycles. The number of hydrogen-bond donors (Lipinski definition) is 0. The Hall–Kier alpha value is -3.08. The first kappa shape index (κ1) is 17.3. The third-order valence-electron chi connectivity index (χ3n) is 3.76. The Morgan fingerprint density at radius 1 is 1.07 bits per heavy atom. The zero-order valence-electron chi connectivity index (χ0n) is 13.9. The van der Waals surface area contributed by atoms with E-state index in [4.69, 9.17) is 21.3 Å². The molecule has 0 bridgehead atoms. The Morgan fingerprint density at radius 3 is 2.67 bits per heavy atom. The summed E-state index contributed by atoms with van der Waals surface area (Å²) in [4.78, 5) is 4.27. The van der Waals surface area contributed by atoms with Gasteiger partial charge in [0, 0.05) is 0 Å². The summed E-state index contributed by atoms with van der Waals surface area (Å²) in [7, 11) is 0. The van der Waals surface area contributed by atoms with E-state index < -0.39 is 0 Å². The van der Waals surface area contributed by atoms with Crippen LogP contribution in [0, 0.1) is 11.3 Å². The zero-order valence-corrected chi connectivity index (χ0v) is 15.5. The molecule has 0 aliphatic rings. The van der Waals surface area contributed by atoms with Crippen LogP contribution in [-0.4, -0.2) is 19.7 Å². The molecule has 0 spiro atoms. The average molecular weight is 394 g/mol. The number of nitrogens with zero attached hydrogens (tertiary/aromatic N) is 5. The van der Waals surface area contributed by atoms with Gasteiger partial charge in [-0.05, 0) is 41.6 Å². The van der Waals surface area contributed by atoms with E-state index >= 15 is 0 Å². The van der Waals surface area contributed by atoms with Crippen molar-refractivity contribution in [2.24, 2.45) is 0 Å². The Bertz CT molecular complexity index is 1100. The van der Waals surface area contributed by atoms with Gasteiger partial charge in [-0.15, -0.1) is 10.2 Å². The molecule has 0 aliphatic heterocycles. The highest BCUT2D eigenvalue weighted by Gasteiger charge is 2.18. The van der Waals surface area contributed by atoms with Crippen LogP contribution in [0.25, 0.3) is 11.6 Å². The molecule has 0 radical (unpaired) electrons. The number of rotatable bonds is 5. The summed E-state index contributed by atoms with van der Waals surface area (Å²) < 4.78 is 7.46. The predicted octanol–water partition coefficient (Wildman–Crippen LogP) is 4.66. The summed E-state index contributed by atoms with van der Waals surface area (Å²) in [6.07, 6.45) is 1.60. The van der Waals surface area contributed by atoms with Crippen molar-refractivity contribution >= 4 is 23.4 Å². The van der Waals surface area contributed by atoms with Crippen molar-refractivity contribution in [3.8, 4) is 17.7 Å². The Morgan fingerprint density at radius 2 is 1.93 bits per heavy atom. The summed E-state index contributed by atoms with van der Waals surface area (Å²) in [6.45, 7) is 0.574. The molecule has 4 rings (SSSR count). The fourth-order valence-electron chi connectivity index (χ4n) is 2.51. The average Bonchev–Trinajstić information content (AvgIpc) is 3.35. The van der Waals surface area contributed by atoms with Gasteiger partial charge in [0.25, 0.3) is 0 Å². The van der Waals surface area contributed by atoms with E-state index in [1.165, 1.54) is 11.8 Å². The van der Waals surface area contributed by atoms with Crippen LogP contribution in [0.3, 0.4) is 0 Å². The Kier molecular flexibility index (Phi) is 4.92. The molecular weight excluding hydrogens is 382 g/mol. The van der Waals surface area contributed by atoms with Crippen molar-refractivity contribution < 1.29 is 4.42 Å². The van der Waals surface area contributed by atoms with Gasteiger partial charge in [-0.1, -0.05) is 41.9 Å². The van der Waals surface area contributed by atoms with Crippen molar-refractivity contribution in [1.82, 2.24) is 19.7 Å². The molecule has 4 aromatic rings. The maximum atomic E-state index is 9.14. The Balaban J connectivity index is 1.73. The molecule has 0 saturated heterocycles. The second-order valence-electron chi connectivity index (χ2n) is 5.55. The van der Waals surface area contributed by atoms with Gasteiger partial charge >= 0.3 is 0 Å². The molecule has 0 saturated carbocycles. The number of benzene rings is 1. The maximum Gasteiger partial charge on any atom is 0.200 e.